The third-order valence-corrected chi connectivity index (χ3v) is 5.01. The van der Waals surface area contributed by atoms with Gasteiger partial charge >= 0.3 is 0 Å². The van der Waals surface area contributed by atoms with Crippen LogP contribution < -0.4 is 0 Å². The highest BCUT2D eigenvalue weighted by atomic mass is 79.9. The molecule has 0 amide bonds. The number of alkyl halides is 1. The van der Waals surface area contributed by atoms with Crippen molar-refractivity contribution in [2.24, 2.45) is 0 Å². The van der Waals surface area contributed by atoms with Gasteiger partial charge in [-0.05, 0) is 36.8 Å². The molecule has 0 bridgehead atoms. The van der Waals surface area contributed by atoms with Crippen LogP contribution in [0.2, 0.25) is 5.02 Å². The summed E-state index contributed by atoms with van der Waals surface area (Å²) < 4.78 is 26.1. The van der Waals surface area contributed by atoms with Gasteiger partial charge in [0.1, 0.15) is 0 Å². The minimum atomic E-state index is -0.930. The number of benzene rings is 1. The van der Waals surface area contributed by atoms with Crippen LogP contribution in [0, 0.1) is 18.6 Å². The summed E-state index contributed by atoms with van der Waals surface area (Å²) in [6.07, 6.45) is 0. The van der Waals surface area contributed by atoms with Crippen molar-refractivity contribution in [1.29, 1.82) is 0 Å². The Morgan fingerprint density at radius 3 is 2.47 bits per heavy atom. The maximum atomic E-state index is 13.2. The number of aryl methyl sites for hydroxylation is 1. The molecule has 0 spiro atoms. The van der Waals surface area contributed by atoms with Crippen LogP contribution in [0.25, 0.3) is 0 Å². The summed E-state index contributed by atoms with van der Waals surface area (Å²) >= 11 is 11.0. The van der Waals surface area contributed by atoms with Crippen LogP contribution in [-0.2, 0) is 0 Å². The fourth-order valence-electron chi connectivity index (χ4n) is 1.48. The molecular weight excluding hydrogens is 330 g/mol. The SMILES string of the molecule is Cc1ccc(C(Br)c2cc(F)c(F)cc2Cl)s1. The lowest BCUT2D eigenvalue weighted by atomic mass is 10.1. The zero-order valence-electron chi connectivity index (χ0n) is 8.81. The van der Waals surface area contributed by atoms with Crippen LogP contribution in [0.15, 0.2) is 24.3 Å². The molecular formula is C12H8BrClF2S. The molecule has 1 unspecified atom stereocenters. The predicted molar refractivity (Wildman–Crippen MR) is 71.2 cm³/mol. The Bertz CT molecular complexity index is 553. The van der Waals surface area contributed by atoms with Gasteiger partial charge in [0, 0.05) is 14.8 Å². The van der Waals surface area contributed by atoms with Crippen molar-refractivity contribution in [3.05, 3.63) is 56.2 Å². The van der Waals surface area contributed by atoms with Crippen LogP contribution in [0.5, 0.6) is 0 Å². The predicted octanol–water partition coefficient (Wildman–Crippen LogP) is 5.47. The lowest BCUT2D eigenvalue weighted by Gasteiger charge is -2.10. The molecule has 0 saturated heterocycles. The highest BCUT2D eigenvalue weighted by Crippen LogP contribution is 2.39. The van der Waals surface area contributed by atoms with Gasteiger partial charge in [-0.15, -0.1) is 11.3 Å². The molecule has 1 aromatic heterocycles. The van der Waals surface area contributed by atoms with Crippen LogP contribution in [-0.4, -0.2) is 0 Å². The Labute approximate surface area is 115 Å². The first-order valence-electron chi connectivity index (χ1n) is 4.84. The third-order valence-electron chi connectivity index (χ3n) is 2.32. The average Bonchev–Trinajstić information content (AvgIpc) is 2.69. The quantitative estimate of drug-likeness (QED) is 0.503. The molecule has 0 aliphatic carbocycles. The molecule has 1 aromatic carbocycles. The number of thiophene rings is 1. The molecule has 0 radical (unpaired) electrons. The maximum absolute atomic E-state index is 13.2. The fraction of sp³-hybridized carbons (Fsp3) is 0.167. The molecule has 0 aliphatic rings. The molecule has 17 heavy (non-hydrogen) atoms. The van der Waals surface area contributed by atoms with Gasteiger partial charge in [0.05, 0.1) is 4.83 Å². The van der Waals surface area contributed by atoms with Crippen LogP contribution >= 0.6 is 38.9 Å². The van der Waals surface area contributed by atoms with E-state index in [1.165, 1.54) is 0 Å². The van der Waals surface area contributed by atoms with Gasteiger partial charge < -0.3 is 0 Å². The minimum absolute atomic E-state index is 0.219. The average molecular weight is 338 g/mol. The molecule has 90 valence electrons. The molecule has 0 fully saturated rings. The van der Waals surface area contributed by atoms with Crippen molar-refractivity contribution in [3.63, 3.8) is 0 Å². The molecule has 2 aromatic rings. The number of hydrogen-bond acceptors (Lipinski definition) is 1. The van der Waals surface area contributed by atoms with E-state index in [0.29, 0.717) is 5.56 Å². The standard InChI is InChI=1S/C12H8BrClF2S/c1-6-2-3-11(17-6)12(13)7-4-9(15)10(16)5-8(7)14/h2-5,12H,1H3. The number of rotatable bonds is 2. The summed E-state index contributed by atoms with van der Waals surface area (Å²) in [6, 6.07) is 6.05. The molecule has 0 nitrogen and oxygen atoms in total. The van der Waals surface area contributed by atoms with Crippen molar-refractivity contribution < 1.29 is 8.78 Å². The lowest BCUT2D eigenvalue weighted by Crippen LogP contribution is -1.95. The van der Waals surface area contributed by atoms with Crippen molar-refractivity contribution in [3.8, 4) is 0 Å². The van der Waals surface area contributed by atoms with Gasteiger partial charge in [0.25, 0.3) is 0 Å². The normalized spacial score (nSPS) is 12.8. The maximum Gasteiger partial charge on any atom is 0.160 e. The summed E-state index contributed by atoms with van der Waals surface area (Å²) in [4.78, 5) is 1.95. The van der Waals surface area contributed by atoms with E-state index in [4.69, 9.17) is 11.6 Å². The van der Waals surface area contributed by atoms with Crippen molar-refractivity contribution in [1.82, 2.24) is 0 Å². The second-order valence-electron chi connectivity index (χ2n) is 3.60. The third kappa shape index (κ3) is 2.69. The van der Waals surface area contributed by atoms with E-state index in [-0.39, 0.29) is 9.85 Å². The largest absolute Gasteiger partial charge is 0.204 e. The number of hydrogen-bond donors (Lipinski definition) is 0. The Morgan fingerprint density at radius 2 is 1.88 bits per heavy atom. The first-order valence-corrected chi connectivity index (χ1v) is 6.95. The Morgan fingerprint density at radius 1 is 1.24 bits per heavy atom. The highest BCUT2D eigenvalue weighted by Gasteiger charge is 2.18. The van der Waals surface area contributed by atoms with E-state index in [0.717, 1.165) is 21.9 Å². The first-order chi connectivity index (χ1) is 7.99. The van der Waals surface area contributed by atoms with Crippen LogP contribution in [0.3, 0.4) is 0 Å². The second kappa shape index (κ2) is 5.04. The van der Waals surface area contributed by atoms with Gasteiger partial charge in [-0.1, -0.05) is 27.5 Å². The molecule has 0 saturated carbocycles. The Hall–Kier alpha value is -0.450. The lowest BCUT2D eigenvalue weighted by molar-refractivity contribution is 0.507. The minimum Gasteiger partial charge on any atom is -0.204 e. The smallest absolute Gasteiger partial charge is 0.160 e. The summed E-state index contributed by atoms with van der Waals surface area (Å²) in [6.45, 7) is 1.99. The van der Waals surface area contributed by atoms with Crippen molar-refractivity contribution in [2.45, 2.75) is 11.8 Å². The zero-order valence-corrected chi connectivity index (χ0v) is 12.0. The zero-order chi connectivity index (χ0) is 12.6. The van der Waals surface area contributed by atoms with E-state index < -0.39 is 11.6 Å². The van der Waals surface area contributed by atoms with Crippen molar-refractivity contribution in [2.75, 3.05) is 0 Å². The molecule has 1 heterocycles. The van der Waals surface area contributed by atoms with Gasteiger partial charge in [-0.25, -0.2) is 8.78 Å². The van der Waals surface area contributed by atoms with Crippen LogP contribution in [0.1, 0.15) is 20.1 Å². The van der Waals surface area contributed by atoms with E-state index in [9.17, 15) is 8.78 Å². The summed E-state index contributed by atoms with van der Waals surface area (Å²) in [7, 11) is 0. The number of halogens is 4. The molecule has 2 rings (SSSR count). The summed E-state index contributed by atoms with van der Waals surface area (Å²) in [5.41, 5.74) is 0.535. The summed E-state index contributed by atoms with van der Waals surface area (Å²) in [5, 5.41) is 0.219. The second-order valence-corrected chi connectivity index (χ2v) is 6.24. The van der Waals surface area contributed by atoms with Gasteiger partial charge in [0.2, 0.25) is 0 Å². The van der Waals surface area contributed by atoms with E-state index in [2.05, 4.69) is 15.9 Å². The molecule has 5 heteroatoms. The topological polar surface area (TPSA) is 0 Å². The van der Waals surface area contributed by atoms with Gasteiger partial charge in [0.15, 0.2) is 11.6 Å². The molecule has 1 atom stereocenters. The summed E-state index contributed by atoms with van der Waals surface area (Å²) in [5.74, 6) is -1.82. The fourth-order valence-corrected chi connectivity index (χ4v) is 3.55. The Balaban J connectivity index is 2.43. The monoisotopic (exact) mass is 336 g/mol. The van der Waals surface area contributed by atoms with Crippen LogP contribution in [0.4, 0.5) is 8.78 Å². The van der Waals surface area contributed by atoms with Crippen molar-refractivity contribution >= 4 is 38.9 Å². The van der Waals surface area contributed by atoms with Gasteiger partial charge in [-0.2, -0.15) is 0 Å². The van der Waals surface area contributed by atoms with Gasteiger partial charge in [-0.3, -0.25) is 0 Å². The Kier molecular flexibility index (Phi) is 3.85. The molecule has 0 N–H and O–H groups in total. The highest BCUT2D eigenvalue weighted by molar-refractivity contribution is 9.09. The van der Waals surface area contributed by atoms with E-state index in [1.54, 1.807) is 11.3 Å². The molecule has 0 aliphatic heterocycles. The first kappa shape index (κ1) is 13.0. The van der Waals surface area contributed by atoms with E-state index in [1.807, 2.05) is 19.1 Å². The van der Waals surface area contributed by atoms with E-state index >= 15 is 0 Å².